The summed E-state index contributed by atoms with van der Waals surface area (Å²) < 4.78 is 60.6. The topological polar surface area (TPSA) is 132 Å². The van der Waals surface area contributed by atoms with Crippen LogP contribution in [0.15, 0.2) is 41.1 Å². The van der Waals surface area contributed by atoms with E-state index in [9.17, 15) is 17.2 Å². The molecule has 3 aromatic rings. The highest BCUT2D eigenvalue weighted by atomic mass is 32.2. The quantitative estimate of drug-likeness (QED) is 0.514. The Balaban J connectivity index is 1.78. The van der Waals surface area contributed by atoms with E-state index in [0.29, 0.717) is 5.75 Å². The number of benzene rings is 1. The van der Waals surface area contributed by atoms with Crippen LogP contribution in [0.4, 0.5) is 14.7 Å². The van der Waals surface area contributed by atoms with Gasteiger partial charge in [-0.15, -0.1) is 10.2 Å². The fourth-order valence-electron chi connectivity index (χ4n) is 2.43. The van der Waals surface area contributed by atoms with E-state index >= 15 is 0 Å². The van der Waals surface area contributed by atoms with Gasteiger partial charge in [-0.1, -0.05) is 12.1 Å². The number of methoxy groups -OCH3 is 1. The van der Waals surface area contributed by atoms with Crippen LogP contribution in [0.2, 0.25) is 0 Å². The predicted octanol–water partition coefficient (Wildman–Crippen LogP) is 2.18. The first-order chi connectivity index (χ1) is 14.2. The number of halogens is 2. The number of hydrogen-bond donors (Lipinski definition) is 2. The summed E-state index contributed by atoms with van der Waals surface area (Å²) in [7, 11) is -1.88. The van der Waals surface area contributed by atoms with Crippen LogP contribution < -0.4 is 14.8 Å². The summed E-state index contributed by atoms with van der Waals surface area (Å²) in [5.41, 5.74) is 1.02. The molecule has 2 heterocycles. The lowest BCUT2D eigenvalue weighted by Crippen LogP contribution is -2.31. The third kappa shape index (κ3) is 5.67. The molecule has 0 aliphatic rings. The molecule has 0 aliphatic carbocycles. The minimum atomic E-state index is -3.42. The first kappa shape index (κ1) is 21.5. The maximum Gasteiger partial charge on any atom is 0.314 e. The van der Waals surface area contributed by atoms with Gasteiger partial charge in [0.2, 0.25) is 16.0 Å². The third-order valence-corrected chi connectivity index (χ3v) is 4.59. The van der Waals surface area contributed by atoms with Gasteiger partial charge in [0, 0.05) is 18.9 Å². The summed E-state index contributed by atoms with van der Waals surface area (Å²) in [6, 6.07) is 6.54. The van der Waals surface area contributed by atoms with Crippen molar-refractivity contribution in [2.75, 3.05) is 25.2 Å². The number of hydrogen-bond acceptors (Lipinski definition) is 9. The number of alkyl halides is 2. The molecule has 13 heteroatoms. The fraction of sp³-hybridized carbons (Fsp3) is 0.294. The Morgan fingerprint density at radius 2 is 1.80 bits per heavy atom. The Morgan fingerprint density at radius 1 is 1.13 bits per heavy atom. The second kappa shape index (κ2) is 9.09. The van der Waals surface area contributed by atoms with Crippen molar-refractivity contribution in [2.24, 2.45) is 0 Å². The second-order valence-electron chi connectivity index (χ2n) is 6.13. The Morgan fingerprint density at radius 3 is 2.33 bits per heavy atom. The van der Waals surface area contributed by atoms with Gasteiger partial charge in [0.15, 0.2) is 0 Å². The molecule has 10 nitrogen and oxygen atoms in total. The van der Waals surface area contributed by atoms with Crippen molar-refractivity contribution in [3.8, 4) is 17.2 Å². The lowest BCUT2D eigenvalue weighted by atomic mass is 10.1. The van der Waals surface area contributed by atoms with Gasteiger partial charge in [0.1, 0.15) is 5.75 Å². The zero-order valence-corrected chi connectivity index (χ0v) is 16.7. The summed E-state index contributed by atoms with van der Waals surface area (Å²) in [5.74, 6) is -0.0960. The van der Waals surface area contributed by atoms with Crippen molar-refractivity contribution < 1.29 is 26.4 Å². The van der Waals surface area contributed by atoms with Crippen molar-refractivity contribution in [1.82, 2.24) is 24.9 Å². The average molecular weight is 440 g/mol. The van der Waals surface area contributed by atoms with Gasteiger partial charge in [-0.25, -0.2) is 23.1 Å². The van der Waals surface area contributed by atoms with Gasteiger partial charge in [-0.05, 0) is 17.7 Å². The van der Waals surface area contributed by atoms with Gasteiger partial charge in [0.25, 0.3) is 11.8 Å². The highest BCUT2D eigenvalue weighted by Gasteiger charge is 2.18. The molecule has 0 radical (unpaired) electrons. The number of nitrogens with zero attached hydrogens (tertiary/aromatic N) is 4. The SMILES string of the molecule is COc1ccc(C(CNS(C)(=O)=O)Nc2ncc(-c3nnc(C(F)F)o3)cn2)cc1. The molecule has 0 fully saturated rings. The van der Waals surface area contributed by atoms with Crippen molar-refractivity contribution in [1.29, 1.82) is 0 Å². The van der Waals surface area contributed by atoms with E-state index in [-0.39, 0.29) is 23.9 Å². The molecular formula is C17H18F2N6O4S. The van der Waals surface area contributed by atoms with Crippen molar-refractivity contribution in [2.45, 2.75) is 12.5 Å². The maximum atomic E-state index is 12.6. The number of nitrogens with one attached hydrogen (secondary N) is 2. The van der Waals surface area contributed by atoms with Crippen LogP contribution in [-0.2, 0) is 10.0 Å². The molecule has 0 amide bonds. The van der Waals surface area contributed by atoms with Crippen LogP contribution in [0.5, 0.6) is 5.75 Å². The molecular weight excluding hydrogens is 422 g/mol. The first-order valence-corrected chi connectivity index (χ1v) is 10.4. The minimum Gasteiger partial charge on any atom is -0.497 e. The van der Waals surface area contributed by atoms with E-state index in [1.54, 1.807) is 31.4 Å². The highest BCUT2D eigenvalue weighted by molar-refractivity contribution is 7.88. The largest absolute Gasteiger partial charge is 0.497 e. The van der Waals surface area contributed by atoms with Gasteiger partial charge in [0.05, 0.1) is 25.0 Å². The molecule has 2 N–H and O–H groups in total. The molecule has 0 bridgehead atoms. The normalized spacial score (nSPS) is 12.7. The Hall–Kier alpha value is -3.19. The van der Waals surface area contributed by atoms with Gasteiger partial charge in [-0.2, -0.15) is 8.78 Å². The number of ether oxygens (including phenoxy) is 1. The van der Waals surface area contributed by atoms with E-state index in [1.165, 1.54) is 12.4 Å². The van der Waals surface area contributed by atoms with Crippen LogP contribution in [0, 0.1) is 0 Å². The average Bonchev–Trinajstić information content (AvgIpc) is 3.22. The Kier molecular flexibility index (Phi) is 6.52. The molecule has 0 aliphatic heterocycles. The van der Waals surface area contributed by atoms with Crippen molar-refractivity contribution in [3.05, 3.63) is 48.1 Å². The molecule has 0 saturated heterocycles. The standard InChI is InChI=1S/C17H18F2N6O4S/c1-28-12-5-3-10(4-6-12)13(9-22-30(2,26)27)23-17-20-7-11(8-21-17)15-24-25-16(29-15)14(18)19/h3-8,13-14,22H,9H2,1-2H3,(H,20,21,23). The Labute approximate surface area is 170 Å². The lowest BCUT2D eigenvalue weighted by Gasteiger charge is -2.19. The van der Waals surface area contributed by atoms with Crippen LogP contribution >= 0.6 is 0 Å². The van der Waals surface area contributed by atoms with E-state index in [4.69, 9.17) is 9.15 Å². The molecule has 0 saturated carbocycles. The maximum absolute atomic E-state index is 12.6. The smallest absolute Gasteiger partial charge is 0.314 e. The van der Waals surface area contributed by atoms with E-state index in [1.807, 2.05) is 0 Å². The van der Waals surface area contributed by atoms with E-state index in [0.717, 1.165) is 11.8 Å². The summed E-state index contributed by atoms with van der Waals surface area (Å²) >= 11 is 0. The fourth-order valence-corrected chi connectivity index (χ4v) is 2.90. The molecule has 0 spiro atoms. The van der Waals surface area contributed by atoms with E-state index in [2.05, 4.69) is 30.2 Å². The first-order valence-electron chi connectivity index (χ1n) is 8.54. The second-order valence-corrected chi connectivity index (χ2v) is 7.97. The number of sulfonamides is 1. The molecule has 160 valence electrons. The summed E-state index contributed by atoms with van der Waals surface area (Å²) in [4.78, 5) is 8.23. The number of anilines is 1. The molecule has 2 aromatic heterocycles. The molecule has 1 aromatic carbocycles. The van der Waals surface area contributed by atoms with Crippen molar-refractivity contribution >= 4 is 16.0 Å². The predicted molar refractivity (Wildman–Crippen MR) is 102 cm³/mol. The zero-order valence-electron chi connectivity index (χ0n) is 15.9. The third-order valence-electron chi connectivity index (χ3n) is 3.90. The molecule has 30 heavy (non-hydrogen) atoms. The van der Waals surface area contributed by atoms with Crippen molar-refractivity contribution in [3.63, 3.8) is 0 Å². The van der Waals surface area contributed by atoms with Crippen LogP contribution in [0.25, 0.3) is 11.5 Å². The molecule has 3 rings (SSSR count). The van der Waals surface area contributed by atoms with Gasteiger partial charge in [-0.3, -0.25) is 0 Å². The summed E-state index contributed by atoms with van der Waals surface area (Å²) in [5, 5.41) is 9.81. The minimum absolute atomic E-state index is 0.0394. The number of aromatic nitrogens is 4. The zero-order chi connectivity index (χ0) is 21.7. The Bertz CT molecular complexity index is 1070. The van der Waals surface area contributed by atoms with Crippen LogP contribution in [0.1, 0.15) is 23.9 Å². The van der Waals surface area contributed by atoms with E-state index < -0.39 is 28.4 Å². The molecule has 1 atom stereocenters. The monoisotopic (exact) mass is 440 g/mol. The lowest BCUT2D eigenvalue weighted by molar-refractivity contribution is 0.116. The molecule has 1 unspecified atom stereocenters. The number of rotatable bonds is 9. The van der Waals surface area contributed by atoms with Gasteiger partial charge >= 0.3 is 6.43 Å². The summed E-state index contributed by atoms with van der Waals surface area (Å²) in [6.07, 6.45) is 0.836. The summed E-state index contributed by atoms with van der Waals surface area (Å²) in [6.45, 7) is 0.0394. The van der Waals surface area contributed by atoms with Crippen LogP contribution in [0.3, 0.4) is 0 Å². The highest BCUT2D eigenvalue weighted by Crippen LogP contribution is 2.24. The van der Waals surface area contributed by atoms with Gasteiger partial charge < -0.3 is 14.5 Å². The van der Waals surface area contributed by atoms with Crippen LogP contribution in [-0.4, -0.2) is 48.5 Å².